The summed E-state index contributed by atoms with van der Waals surface area (Å²) in [5.74, 6) is 2.01. The van der Waals surface area contributed by atoms with Crippen LogP contribution in [0, 0.1) is 29.6 Å². The Balaban J connectivity index is 1.79. The van der Waals surface area contributed by atoms with Crippen LogP contribution in [0.5, 0.6) is 0 Å². The van der Waals surface area contributed by atoms with Gasteiger partial charge in [0, 0.05) is 12.8 Å². The Morgan fingerprint density at radius 1 is 1.27 bits per heavy atom. The van der Waals surface area contributed by atoms with Crippen LogP contribution in [0.2, 0.25) is 0 Å². The van der Waals surface area contributed by atoms with E-state index in [0.717, 1.165) is 32.3 Å². The van der Waals surface area contributed by atoms with Crippen LogP contribution in [-0.4, -0.2) is 36.5 Å². The average Bonchev–Trinajstić information content (AvgIpc) is 2.92. The molecule has 3 aliphatic heterocycles. The summed E-state index contributed by atoms with van der Waals surface area (Å²) < 4.78 is 19.2. The zero-order valence-electron chi connectivity index (χ0n) is 16.9. The highest BCUT2D eigenvalue weighted by molar-refractivity contribution is 5.66. The molecule has 0 spiro atoms. The molecule has 0 aromatic rings. The van der Waals surface area contributed by atoms with Crippen molar-refractivity contribution in [1.82, 2.24) is 0 Å². The quantitative estimate of drug-likeness (QED) is 0.520. The number of rotatable bonds is 1. The molecule has 1 saturated carbocycles. The van der Waals surface area contributed by atoms with Crippen molar-refractivity contribution in [2.75, 3.05) is 6.61 Å². The summed E-state index contributed by atoms with van der Waals surface area (Å²) in [5.41, 5.74) is 1.14. The molecule has 0 aromatic carbocycles. The number of carbonyl (C=O) groups is 1. The zero-order chi connectivity index (χ0) is 18.6. The van der Waals surface area contributed by atoms with Gasteiger partial charge < -0.3 is 14.2 Å². The Morgan fingerprint density at radius 3 is 2.77 bits per heavy atom. The fourth-order valence-electron chi connectivity index (χ4n) is 6.34. The molecule has 4 heteroatoms. The molecule has 4 aliphatic rings. The minimum absolute atomic E-state index is 0.0365. The van der Waals surface area contributed by atoms with Crippen molar-refractivity contribution >= 4 is 5.97 Å². The first-order valence-corrected chi connectivity index (χ1v) is 10.4. The van der Waals surface area contributed by atoms with Crippen molar-refractivity contribution in [2.45, 2.75) is 84.2 Å². The fraction of sp³-hybridized carbons (Fsp3) is 0.864. The van der Waals surface area contributed by atoms with Crippen LogP contribution in [0.25, 0.3) is 0 Å². The lowest BCUT2D eigenvalue weighted by molar-refractivity contribution is -0.160. The highest BCUT2D eigenvalue weighted by Gasteiger charge is 2.62. The lowest BCUT2D eigenvalue weighted by Gasteiger charge is -2.46. The van der Waals surface area contributed by atoms with E-state index in [1.54, 1.807) is 6.92 Å². The van der Waals surface area contributed by atoms with Crippen molar-refractivity contribution < 1.29 is 19.0 Å². The van der Waals surface area contributed by atoms with Crippen molar-refractivity contribution in [3.05, 3.63) is 11.6 Å². The van der Waals surface area contributed by atoms with Crippen LogP contribution in [0.1, 0.15) is 60.3 Å². The van der Waals surface area contributed by atoms with Gasteiger partial charge in [-0.25, -0.2) is 0 Å². The van der Waals surface area contributed by atoms with Gasteiger partial charge in [-0.15, -0.1) is 0 Å². The Bertz CT molecular complexity index is 599. The summed E-state index contributed by atoms with van der Waals surface area (Å²) in [6.45, 7) is 11.4. The van der Waals surface area contributed by atoms with E-state index in [0.29, 0.717) is 23.7 Å². The van der Waals surface area contributed by atoms with Crippen molar-refractivity contribution in [1.29, 1.82) is 0 Å². The summed E-state index contributed by atoms with van der Waals surface area (Å²) in [7, 11) is 0. The van der Waals surface area contributed by atoms with Crippen molar-refractivity contribution in [3.63, 3.8) is 0 Å². The summed E-state index contributed by atoms with van der Waals surface area (Å²) in [6.07, 6.45) is 6.64. The lowest BCUT2D eigenvalue weighted by Crippen LogP contribution is -2.51. The smallest absolute Gasteiger partial charge is 0.302 e. The van der Waals surface area contributed by atoms with Gasteiger partial charge in [0.2, 0.25) is 0 Å². The molecule has 0 aromatic heterocycles. The minimum Gasteiger partial charge on any atom is -0.462 e. The molecule has 0 amide bonds. The number of carbonyl (C=O) groups excluding carboxylic acids is 1. The summed E-state index contributed by atoms with van der Waals surface area (Å²) in [5, 5.41) is 0. The van der Waals surface area contributed by atoms with E-state index in [-0.39, 0.29) is 35.8 Å². The number of esters is 1. The van der Waals surface area contributed by atoms with Crippen LogP contribution in [0.15, 0.2) is 11.6 Å². The van der Waals surface area contributed by atoms with E-state index in [4.69, 9.17) is 14.2 Å². The average molecular weight is 363 g/mol. The van der Waals surface area contributed by atoms with Gasteiger partial charge in [-0.3, -0.25) is 4.79 Å². The maximum atomic E-state index is 11.8. The summed E-state index contributed by atoms with van der Waals surface area (Å²) in [6, 6.07) is 0. The second kappa shape index (κ2) is 6.63. The van der Waals surface area contributed by atoms with Gasteiger partial charge in [-0.2, -0.15) is 0 Å². The Labute approximate surface area is 157 Å². The standard InChI is InChI=1S/C22H34O4/c1-12-7-6-8-22(5)21-18-16(14(3)11-24-22)10-13(2)20(25-15(4)23)19(18)17(9-12)26-21/h7,13-14,16-21H,6,8-11H2,1-5H3/b12-7-/t13-,14-,16+,17+,18+,19+,20-,21+,22-/m0/s1. The molecule has 2 bridgehead atoms. The summed E-state index contributed by atoms with van der Waals surface area (Å²) in [4.78, 5) is 11.8. The largest absolute Gasteiger partial charge is 0.462 e. The van der Waals surface area contributed by atoms with Crippen LogP contribution in [0.3, 0.4) is 0 Å². The fourth-order valence-corrected chi connectivity index (χ4v) is 6.34. The molecular weight excluding hydrogens is 328 g/mol. The number of hydrogen-bond donors (Lipinski definition) is 0. The normalized spacial score (nSPS) is 52.7. The van der Waals surface area contributed by atoms with Crippen LogP contribution in [0.4, 0.5) is 0 Å². The predicted molar refractivity (Wildman–Crippen MR) is 99.6 cm³/mol. The monoisotopic (exact) mass is 362 g/mol. The predicted octanol–water partition coefficient (Wildman–Crippen LogP) is 4.13. The first kappa shape index (κ1) is 18.5. The van der Waals surface area contributed by atoms with E-state index in [1.165, 1.54) is 5.57 Å². The SMILES string of the molecule is CC(=O)O[C@@H]1[C@H]2[C@H]3[C@H](C[C@@H]1C)[C@@H](C)CO[C@@]1(C)CC/C=C(/C)C[C@H]2O[C@H]31. The third kappa shape index (κ3) is 2.93. The third-order valence-electron chi connectivity index (χ3n) is 7.59. The highest BCUT2D eigenvalue weighted by atomic mass is 16.6. The number of ether oxygens (including phenoxy) is 3. The van der Waals surface area contributed by atoms with E-state index >= 15 is 0 Å². The Hall–Kier alpha value is -0.870. The molecule has 0 N–H and O–H groups in total. The molecule has 3 fully saturated rings. The number of allylic oxidation sites excluding steroid dienone is 1. The molecule has 0 radical (unpaired) electrons. The van der Waals surface area contributed by atoms with Gasteiger partial charge in [0.15, 0.2) is 0 Å². The van der Waals surface area contributed by atoms with Gasteiger partial charge in [0.25, 0.3) is 0 Å². The van der Waals surface area contributed by atoms with Gasteiger partial charge in [-0.1, -0.05) is 25.5 Å². The molecule has 26 heavy (non-hydrogen) atoms. The maximum absolute atomic E-state index is 11.8. The van der Waals surface area contributed by atoms with Gasteiger partial charge in [0.05, 0.1) is 24.4 Å². The second-order valence-corrected chi connectivity index (χ2v) is 9.59. The molecule has 3 heterocycles. The van der Waals surface area contributed by atoms with Crippen LogP contribution < -0.4 is 0 Å². The number of fused-ring (bicyclic) bond motifs is 2. The summed E-state index contributed by atoms with van der Waals surface area (Å²) >= 11 is 0. The molecule has 0 unspecified atom stereocenters. The topological polar surface area (TPSA) is 44.8 Å². The zero-order valence-corrected chi connectivity index (χ0v) is 16.9. The maximum Gasteiger partial charge on any atom is 0.302 e. The molecule has 1 aliphatic carbocycles. The van der Waals surface area contributed by atoms with E-state index in [1.807, 2.05) is 0 Å². The van der Waals surface area contributed by atoms with E-state index < -0.39 is 0 Å². The lowest BCUT2D eigenvalue weighted by atomic mass is 9.59. The molecule has 2 saturated heterocycles. The Morgan fingerprint density at radius 2 is 2.04 bits per heavy atom. The van der Waals surface area contributed by atoms with Crippen LogP contribution in [-0.2, 0) is 19.0 Å². The van der Waals surface area contributed by atoms with Crippen molar-refractivity contribution in [3.8, 4) is 0 Å². The van der Waals surface area contributed by atoms with Gasteiger partial charge in [0.1, 0.15) is 6.10 Å². The highest BCUT2D eigenvalue weighted by Crippen LogP contribution is 2.57. The molecular formula is C22H34O4. The van der Waals surface area contributed by atoms with Gasteiger partial charge >= 0.3 is 5.97 Å². The van der Waals surface area contributed by atoms with Crippen molar-refractivity contribution in [2.24, 2.45) is 29.6 Å². The first-order valence-electron chi connectivity index (χ1n) is 10.4. The second-order valence-electron chi connectivity index (χ2n) is 9.59. The molecule has 4 rings (SSSR count). The third-order valence-corrected chi connectivity index (χ3v) is 7.59. The van der Waals surface area contributed by atoms with E-state index in [9.17, 15) is 4.79 Å². The molecule has 9 atom stereocenters. The van der Waals surface area contributed by atoms with E-state index in [2.05, 4.69) is 33.8 Å². The Kier molecular flexibility index (Phi) is 4.71. The van der Waals surface area contributed by atoms with Crippen LogP contribution >= 0.6 is 0 Å². The van der Waals surface area contributed by atoms with Gasteiger partial charge in [-0.05, 0) is 63.2 Å². The minimum atomic E-state index is -0.247. The number of hydrogen-bond acceptors (Lipinski definition) is 4. The molecule has 4 nitrogen and oxygen atoms in total. The first-order chi connectivity index (χ1) is 12.3. The molecule has 146 valence electrons.